The first-order chi connectivity index (χ1) is 13.1. The number of rotatable bonds is 5. The van der Waals surface area contributed by atoms with E-state index in [1.807, 2.05) is 18.2 Å². The Balaban J connectivity index is 1.70. The molecule has 2 amide bonds. The third kappa shape index (κ3) is 4.45. The van der Waals surface area contributed by atoms with Crippen LogP contribution in [0.15, 0.2) is 30.3 Å². The summed E-state index contributed by atoms with van der Waals surface area (Å²) in [5.74, 6) is 0.0546. The van der Waals surface area contributed by atoms with Crippen LogP contribution in [0.1, 0.15) is 20.8 Å². The summed E-state index contributed by atoms with van der Waals surface area (Å²) in [6, 6.07) is 11.1. The van der Waals surface area contributed by atoms with Gasteiger partial charge in [-0.15, -0.1) is 11.3 Å². The Kier molecular flexibility index (Phi) is 6.06. The normalized spacial score (nSPS) is 13.7. The van der Waals surface area contributed by atoms with Gasteiger partial charge >= 0.3 is 0 Å². The van der Waals surface area contributed by atoms with Crippen LogP contribution in [0, 0.1) is 18.3 Å². The molecule has 0 radical (unpaired) electrons. The largest absolute Gasteiger partial charge is 0.484 e. The maximum atomic E-state index is 12.7. The van der Waals surface area contributed by atoms with Gasteiger partial charge in [-0.1, -0.05) is 18.2 Å². The number of thiophene rings is 1. The zero-order valence-electron chi connectivity index (χ0n) is 14.9. The van der Waals surface area contributed by atoms with E-state index in [1.54, 1.807) is 24.0 Å². The van der Waals surface area contributed by atoms with Crippen molar-refractivity contribution >= 4 is 28.2 Å². The molecule has 1 aromatic carbocycles. The van der Waals surface area contributed by atoms with Crippen molar-refractivity contribution in [2.45, 2.75) is 6.92 Å². The number of nitriles is 1. The van der Waals surface area contributed by atoms with E-state index in [0.717, 1.165) is 11.3 Å². The van der Waals surface area contributed by atoms with Crippen LogP contribution in [0.2, 0.25) is 0 Å². The Morgan fingerprint density at radius 3 is 2.67 bits per heavy atom. The van der Waals surface area contributed by atoms with Crippen LogP contribution in [0.5, 0.6) is 5.75 Å². The SMILES string of the molecule is Cc1c(C(=O)N2CCOCC2)sc(NC(=O)COc2ccccc2)c1C#N. The molecule has 0 atom stereocenters. The average molecular weight is 385 g/mol. The number of carbonyl (C=O) groups excluding carboxylic acids is 2. The molecule has 27 heavy (non-hydrogen) atoms. The number of hydrogen-bond donors (Lipinski definition) is 1. The van der Waals surface area contributed by atoms with E-state index in [0.29, 0.717) is 53.1 Å². The molecule has 2 heterocycles. The summed E-state index contributed by atoms with van der Waals surface area (Å²) < 4.78 is 10.7. The second kappa shape index (κ2) is 8.66. The topological polar surface area (TPSA) is 91.7 Å². The van der Waals surface area contributed by atoms with Crippen molar-refractivity contribution in [2.75, 3.05) is 38.2 Å². The highest BCUT2D eigenvalue weighted by atomic mass is 32.1. The summed E-state index contributed by atoms with van der Waals surface area (Å²) in [4.78, 5) is 27.1. The van der Waals surface area contributed by atoms with Gasteiger partial charge in [0.2, 0.25) is 0 Å². The summed E-state index contributed by atoms with van der Waals surface area (Å²) in [7, 11) is 0. The van der Waals surface area contributed by atoms with Crippen molar-refractivity contribution < 1.29 is 19.1 Å². The lowest BCUT2D eigenvalue weighted by Gasteiger charge is -2.26. The van der Waals surface area contributed by atoms with E-state index in [2.05, 4.69) is 11.4 Å². The Hall–Kier alpha value is -2.89. The third-order valence-electron chi connectivity index (χ3n) is 4.12. The lowest BCUT2D eigenvalue weighted by atomic mass is 10.1. The molecular weight excluding hydrogens is 366 g/mol. The molecular formula is C19H19N3O4S. The van der Waals surface area contributed by atoms with Crippen LogP contribution in [0.25, 0.3) is 0 Å². The van der Waals surface area contributed by atoms with Gasteiger partial charge in [0, 0.05) is 13.1 Å². The molecule has 0 aliphatic carbocycles. The first-order valence-electron chi connectivity index (χ1n) is 8.48. The molecule has 1 saturated heterocycles. The highest BCUT2D eigenvalue weighted by Crippen LogP contribution is 2.33. The van der Waals surface area contributed by atoms with E-state index in [1.165, 1.54) is 0 Å². The lowest BCUT2D eigenvalue weighted by molar-refractivity contribution is -0.118. The number of morpholine rings is 1. The smallest absolute Gasteiger partial charge is 0.264 e. The van der Waals surface area contributed by atoms with E-state index in [4.69, 9.17) is 9.47 Å². The molecule has 0 saturated carbocycles. The second-order valence-corrected chi connectivity index (χ2v) is 6.95. The van der Waals surface area contributed by atoms with E-state index >= 15 is 0 Å². The molecule has 0 bridgehead atoms. The van der Waals surface area contributed by atoms with E-state index in [-0.39, 0.29) is 18.4 Å². The van der Waals surface area contributed by atoms with Crippen molar-refractivity contribution in [3.05, 3.63) is 46.3 Å². The summed E-state index contributed by atoms with van der Waals surface area (Å²) >= 11 is 1.12. The number of amides is 2. The molecule has 7 nitrogen and oxygen atoms in total. The third-order valence-corrected chi connectivity index (χ3v) is 5.31. The molecule has 8 heteroatoms. The summed E-state index contributed by atoms with van der Waals surface area (Å²) in [6.07, 6.45) is 0. The Morgan fingerprint density at radius 2 is 2.00 bits per heavy atom. The number of benzene rings is 1. The fourth-order valence-corrected chi connectivity index (χ4v) is 3.82. The molecule has 140 valence electrons. The fraction of sp³-hybridized carbons (Fsp3) is 0.316. The number of hydrogen-bond acceptors (Lipinski definition) is 6. The predicted octanol–water partition coefficient (Wildman–Crippen LogP) is 2.42. The van der Waals surface area contributed by atoms with Crippen LogP contribution in [-0.2, 0) is 9.53 Å². The zero-order chi connectivity index (χ0) is 19.2. The summed E-state index contributed by atoms with van der Waals surface area (Å²) in [5.41, 5.74) is 0.892. The van der Waals surface area contributed by atoms with Crippen LogP contribution in [0.4, 0.5) is 5.00 Å². The van der Waals surface area contributed by atoms with Gasteiger partial charge in [-0.05, 0) is 24.6 Å². The number of nitrogens with zero attached hydrogens (tertiary/aromatic N) is 2. The molecule has 1 aliphatic heterocycles. The van der Waals surface area contributed by atoms with Gasteiger partial charge in [0.1, 0.15) is 16.8 Å². The molecule has 1 fully saturated rings. The molecule has 0 spiro atoms. The first kappa shape index (κ1) is 18.9. The Labute approximate surface area is 161 Å². The van der Waals surface area contributed by atoms with Gasteiger partial charge in [-0.2, -0.15) is 5.26 Å². The van der Waals surface area contributed by atoms with Crippen molar-refractivity contribution in [3.8, 4) is 11.8 Å². The van der Waals surface area contributed by atoms with Gasteiger partial charge in [-0.3, -0.25) is 9.59 Å². The molecule has 1 N–H and O–H groups in total. The fourth-order valence-electron chi connectivity index (χ4n) is 2.68. The van der Waals surface area contributed by atoms with Crippen LogP contribution in [0.3, 0.4) is 0 Å². The van der Waals surface area contributed by atoms with Crippen molar-refractivity contribution in [3.63, 3.8) is 0 Å². The predicted molar refractivity (Wildman–Crippen MR) is 101 cm³/mol. The monoisotopic (exact) mass is 385 g/mol. The number of ether oxygens (including phenoxy) is 2. The Morgan fingerprint density at radius 1 is 1.30 bits per heavy atom. The van der Waals surface area contributed by atoms with Gasteiger partial charge in [0.15, 0.2) is 6.61 Å². The van der Waals surface area contributed by atoms with Crippen molar-refractivity contribution in [2.24, 2.45) is 0 Å². The van der Waals surface area contributed by atoms with E-state index in [9.17, 15) is 14.9 Å². The Bertz CT molecular complexity index is 867. The molecule has 1 aromatic heterocycles. The van der Waals surface area contributed by atoms with Gasteiger partial charge in [0.25, 0.3) is 11.8 Å². The molecule has 1 aliphatic rings. The maximum absolute atomic E-state index is 12.7. The number of carbonyl (C=O) groups is 2. The number of nitrogens with one attached hydrogen (secondary N) is 1. The second-order valence-electron chi connectivity index (χ2n) is 5.93. The number of para-hydroxylation sites is 1. The summed E-state index contributed by atoms with van der Waals surface area (Å²) in [5, 5.41) is 12.5. The van der Waals surface area contributed by atoms with Crippen molar-refractivity contribution in [1.29, 1.82) is 5.26 Å². The van der Waals surface area contributed by atoms with Gasteiger partial charge < -0.3 is 19.7 Å². The maximum Gasteiger partial charge on any atom is 0.264 e. The standard InChI is InChI=1S/C19H19N3O4S/c1-13-15(11-20)18(21-16(23)12-26-14-5-3-2-4-6-14)27-17(13)19(24)22-7-9-25-10-8-22/h2-6H,7-10,12H2,1H3,(H,21,23). The van der Waals surface area contributed by atoms with E-state index < -0.39 is 0 Å². The molecule has 2 aromatic rings. The highest BCUT2D eigenvalue weighted by molar-refractivity contribution is 7.18. The highest BCUT2D eigenvalue weighted by Gasteiger charge is 2.26. The average Bonchev–Trinajstić information content (AvgIpc) is 3.02. The summed E-state index contributed by atoms with van der Waals surface area (Å²) in [6.45, 7) is 3.58. The van der Waals surface area contributed by atoms with Gasteiger partial charge in [0.05, 0.1) is 23.7 Å². The van der Waals surface area contributed by atoms with Crippen LogP contribution in [-0.4, -0.2) is 49.6 Å². The first-order valence-corrected chi connectivity index (χ1v) is 9.30. The minimum atomic E-state index is -0.387. The quantitative estimate of drug-likeness (QED) is 0.853. The minimum Gasteiger partial charge on any atom is -0.484 e. The van der Waals surface area contributed by atoms with Crippen LogP contribution < -0.4 is 10.1 Å². The van der Waals surface area contributed by atoms with Crippen molar-refractivity contribution in [1.82, 2.24) is 4.90 Å². The van der Waals surface area contributed by atoms with Gasteiger partial charge in [-0.25, -0.2) is 0 Å². The molecule has 0 unspecified atom stereocenters. The lowest BCUT2D eigenvalue weighted by Crippen LogP contribution is -2.40. The number of anilines is 1. The van der Waals surface area contributed by atoms with Crippen LogP contribution >= 0.6 is 11.3 Å². The minimum absolute atomic E-state index is 0.140. The zero-order valence-corrected chi connectivity index (χ0v) is 15.7. The molecule has 3 rings (SSSR count).